The summed E-state index contributed by atoms with van der Waals surface area (Å²) >= 11 is 0. The van der Waals surface area contributed by atoms with Crippen LogP contribution in [0.5, 0.6) is 0 Å². The molecule has 2 aromatic rings. The molecule has 1 aliphatic rings. The van der Waals surface area contributed by atoms with Crippen LogP contribution < -0.4 is 5.32 Å². The molecular weight excluding hydrogens is 260 g/mol. The second-order valence-corrected chi connectivity index (χ2v) is 6.60. The molecular formula is C18H24N2O. The van der Waals surface area contributed by atoms with E-state index in [0.717, 1.165) is 18.5 Å². The van der Waals surface area contributed by atoms with E-state index in [1.54, 1.807) is 13.8 Å². The maximum atomic E-state index is 9.80. The van der Waals surface area contributed by atoms with Gasteiger partial charge < -0.3 is 15.4 Å². The first-order chi connectivity index (χ1) is 10.0. The lowest BCUT2D eigenvalue weighted by Gasteiger charge is -2.10. The van der Waals surface area contributed by atoms with E-state index in [0.29, 0.717) is 6.04 Å². The number of aromatic nitrogens is 1. The van der Waals surface area contributed by atoms with Gasteiger partial charge in [0.25, 0.3) is 0 Å². The van der Waals surface area contributed by atoms with Gasteiger partial charge in [-0.25, -0.2) is 0 Å². The van der Waals surface area contributed by atoms with Crippen LogP contribution >= 0.6 is 0 Å². The number of hydrogen-bond acceptors (Lipinski definition) is 2. The molecule has 3 heteroatoms. The van der Waals surface area contributed by atoms with Crippen molar-refractivity contribution < 1.29 is 5.11 Å². The number of rotatable bonds is 4. The first-order valence-electron chi connectivity index (χ1n) is 7.76. The van der Waals surface area contributed by atoms with Gasteiger partial charge in [-0.2, -0.15) is 0 Å². The zero-order chi connectivity index (χ0) is 14.9. The summed E-state index contributed by atoms with van der Waals surface area (Å²) in [6.45, 7) is 4.72. The lowest BCUT2D eigenvalue weighted by atomic mass is 10.0. The minimum Gasteiger partial charge on any atom is -0.386 e. The van der Waals surface area contributed by atoms with E-state index in [9.17, 15) is 5.11 Å². The number of aromatic amines is 1. The second-order valence-electron chi connectivity index (χ2n) is 6.60. The molecule has 0 saturated carbocycles. The fourth-order valence-corrected chi connectivity index (χ4v) is 2.97. The first-order valence-corrected chi connectivity index (χ1v) is 7.76. The third-order valence-electron chi connectivity index (χ3n) is 4.10. The van der Waals surface area contributed by atoms with Crippen LogP contribution in [0.3, 0.4) is 0 Å². The third-order valence-corrected chi connectivity index (χ3v) is 4.10. The van der Waals surface area contributed by atoms with Crippen molar-refractivity contribution in [3.05, 3.63) is 41.6 Å². The summed E-state index contributed by atoms with van der Waals surface area (Å²) in [6.07, 6.45) is 9.59. The Bertz CT molecular complexity index is 643. The van der Waals surface area contributed by atoms with Gasteiger partial charge in [0.15, 0.2) is 0 Å². The molecule has 0 amide bonds. The highest BCUT2D eigenvalue weighted by atomic mass is 16.3. The minimum absolute atomic E-state index is 0.611. The van der Waals surface area contributed by atoms with E-state index in [1.807, 2.05) is 12.2 Å². The lowest BCUT2D eigenvalue weighted by Crippen LogP contribution is -2.23. The molecule has 0 aliphatic carbocycles. The SMILES string of the molecule is CC(C)(O)/C=C/c1ccc2[nH]cc(C[C@H]3CCCN3)c2c1. The van der Waals surface area contributed by atoms with Crippen molar-refractivity contribution in [3.8, 4) is 0 Å². The average molecular weight is 284 g/mol. The standard InChI is InChI=1S/C18H24N2O/c1-18(2,21)8-7-13-5-6-17-16(10-13)14(12-20-17)11-15-4-3-9-19-15/h5-8,10,12,15,19-21H,3-4,9,11H2,1-2H3/b8-7+/t15-/m1/s1. The van der Waals surface area contributed by atoms with Crippen LogP contribution in [0.1, 0.15) is 37.8 Å². The van der Waals surface area contributed by atoms with Gasteiger partial charge in [-0.1, -0.05) is 18.2 Å². The van der Waals surface area contributed by atoms with E-state index >= 15 is 0 Å². The summed E-state index contributed by atoms with van der Waals surface area (Å²) in [4.78, 5) is 3.36. The number of benzene rings is 1. The van der Waals surface area contributed by atoms with E-state index in [1.165, 1.54) is 29.3 Å². The molecule has 1 saturated heterocycles. The predicted octanol–water partition coefficient (Wildman–Crippen LogP) is 3.25. The Morgan fingerprint density at radius 1 is 1.38 bits per heavy atom. The number of fused-ring (bicyclic) bond motifs is 1. The second kappa shape index (κ2) is 5.66. The number of hydrogen-bond donors (Lipinski definition) is 3. The Kier molecular flexibility index (Phi) is 3.87. The lowest BCUT2D eigenvalue weighted by molar-refractivity contribution is 0.134. The van der Waals surface area contributed by atoms with Gasteiger partial charge in [0.05, 0.1) is 5.60 Å². The zero-order valence-corrected chi connectivity index (χ0v) is 12.8. The van der Waals surface area contributed by atoms with Crippen molar-refractivity contribution in [2.75, 3.05) is 6.54 Å². The van der Waals surface area contributed by atoms with E-state index in [4.69, 9.17) is 0 Å². The summed E-state index contributed by atoms with van der Waals surface area (Å²) in [5.74, 6) is 0. The molecule has 0 unspecified atom stereocenters. The van der Waals surface area contributed by atoms with Crippen LogP contribution in [-0.2, 0) is 6.42 Å². The Hall–Kier alpha value is -1.58. The summed E-state index contributed by atoms with van der Waals surface area (Å²) in [5.41, 5.74) is 2.92. The molecule has 21 heavy (non-hydrogen) atoms. The van der Waals surface area contributed by atoms with Crippen molar-refractivity contribution in [2.24, 2.45) is 0 Å². The topological polar surface area (TPSA) is 48.0 Å². The molecule has 1 aromatic heterocycles. The molecule has 0 bridgehead atoms. The molecule has 2 heterocycles. The highest BCUT2D eigenvalue weighted by Gasteiger charge is 2.16. The van der Waals surface area contributed by atoms with Crippen molar-refractivity contribution in [2.45, 2.75) is 44.8 Å². The Morgan fingerprint density at radius 3 is 2.95 bits per heavy atom. The van der Waals surface area contributed by atoms with Crippen molar-refractivity contribution in [1.29, 1.82) is 0 Å². The molecule has 1 atom stereocenters. The number of aliphatic hydroxyl groups is 1. The maximum Gasteiger partial charge on any atom is 0.0774 e. The van der Waals surface area contributed by atoms with Gasteiger partial charge >= 0.3 is 0 Å². The van der Waals surface area contributed by atoms with Gasteiger partial charge in [0.1, 0.15) is 0 Å². The predicted molar refractivity (Wildman–Crippen MR) is 88.4 cm³/mol. The van der Waals surface area contributed by atoms with Crippen LogP contribution in [0.4, 0.5) is 0 Å². The Morgan fingerprint density at radius 2 is 2.24 bits per heavy atom. The van der Waals surface area contributed by atoms with Gasteiger partial charge in [0.2, 0.25) is 0 Å². The highest BCUT2D eigenvalue weighted by molar-refractivity contribution is 5.85. The molecule has 3 N–H and O–H groups in total. The Balaban J connectivity index is 1.86. The molecule has 3 rings (SSSR count). The third kappa shape index (κ3) is 3.55. The average Bonchev–Trinajstić information content (AvgIpc) is 3.06. The van der Waals surface area contributed by atoms with Gasteiger partial charge in [-0.05, 0) is 62.9 Å². The van der Waals surface area contributed by atoms with Crippen molar-refractivity contribution in [3.63, 3.8) is 0 Å². The van der Waals surface area contributed by atoms with Crippen LogP contribution in [0.25, 0.3) is 17.0 Å². The maximum absolute atomic E-state index is 9.80. The Labute approximate surface area is 126 Å². The monoisotopic (exact) mass is 284 g/mol. The van der Waals surface area contributed by atoms with Crippen LogP contribution in [0, 0.1) is 0 Å². The molecule has 1 fully saturated rings. The van der Waals surface area contributed by atoms with Crippen LogP contribution in [-0.4, -0.2) is 28.3 Å². The normalized spacial score (nSPS) is 19.9. The van der Waals surface area contributed by atoms with Crippen LogP contribution in [0.2, 0.25) is 0 Å². The molecule has 0 spiro atoms. The largest absolute Gasteiger partial charge is 0.386 e. The zero-order valence-electron chi connectivity index (χ0n) is 12.8. The van der Waals surface area contributed by atoms with Gasteiger partial charge in [0, 0.05) is 23.1 Å². The summed E-state index contributed by atoms with van der Waals surface area (Å²) in [6, 6.07) is 7.02. The fourth-order valence-electron chi connectivity index (χ4n) is 2.97. The van der Waals surface area contributed by atoms with Crippen molar-refractivity contribution in [1.82, 2.24) is 10.3 Å². The summed E-state index contributed by atoms with van der Waals surface area (Å²) in [7, 11) is 0. The summed E-state index contributed by atoms with van der Waals surface area (Å²) < 4.78 is 0. The van der Waals surface area contributed by atoms with Gasteiger partial charge in [-0.3, -0.25) is 0 Å². The first kappa shape index (κ1) is 14.4. The molecule has 3 nitrogen and oxygen atoms in total. The smallest absolute Gasteiger partial charge is 0.0774 e. The minimum atomic E-state index is -0.774. The molecule has 112 valence electrons. The van der Waals surface area contributed by atoms with E-state index in [2.05, 4.69) is 34.7 Å². The van der Waals surface area contributed by atoms with Crippen LogP contribution in [0.15, 0.2) is 30.5 Å². The number of nitrogens with one attached hydrogen (secondary N) is 2. The highest BCUT2D eigenvalue weighted by Crippen LogP contribution is 2.24. The van der Waals surface area contributed by atoms with E-state index < -0.39 is 5.60 Å². The quantitative estimate of drug-likeness (QED) is 0.807. The molecule has 0 radical (unpaired) electrons. The molecule has 1 aliphatic heterocycles. The summed E-state index contributed by atoms with van der Waals surface area (Å²) in [5, 5.41) is 14.6. The van der Waals surface area contributed by atoms with Crippen molar-refractivity contribution >= 4 is 17.0 Å². The molecule has 1 aromatic carbocycles. The van der Waals surface area contributed by atoms with E-state index in [-0.39, 0.29) is 0 Å². The fraction of sp³-hybridized carbons (Fsp3) is 0.444. The number of H-pyrrole nitrogens is 1. The van der Waals surface area contributed by atoms with Gasteiger partial charge in [-0.15, -0.1) is 0 Å².